The number of nitrogens with zero attached hydrogens (tertiary/aromatic N) is 1. The molecule has 14 heavy (non-hydrogen) atoms. The first-order chi connectivity index (χ1) is 6.41. The monoisotopic (exact) mass is 197 g/mol. The maximum absolute atomic E-state index is 12.0. The van der Waals surface area contributed by atoms with Crippen LogP contribution in [0.2, 0.25) is 0 Å². The van der Waals surface area contributed by atoms with Crippen LogP contribution >= 0.6 is 0 Å². The lowest BCUT2D eigenvalue weighted by molar-refractivity contribution is -0.139. The Hall–Kier alpha value is -0.530. The Bertz CT molecular complexity index is 205. The van der Waals surface area contributed by atoms with E-state index in [9.17, 15) is 4.79 Å². The number of amides is 1. The third kappa shape index (κ3) is 3.00. The highest BCUT2D eigenvalue weighted by atomic mass is 16.2. The first kappa shape index (κ1) is 11.5. The van der Waals surface area contributed by atoms with Crippen LogP contribution in [0.4, 0.5) is 0 Å². The molecule has 0 aliphatic carbocycles. The average Bonchev–Trinajstić information content (AvgIpc) is 2.26. The topological polar surface area (TPSA) is 20.3 Å². The molecule has 1 saturated heterocycles. The van der Waals surface area contributed by atoms with E-state index in [1.165, 1.54) is 19.3 Å². The number of hydrogen-bond acceptors (Lipinski definition) is 1. The first-order valence-corrected chi connectivity index (χ1v) is 5.70. The molecule has 1 aliphatic heterocycles. The van der Waals surface area contributed by atoms with Crippen molar-refractivity contribution in [2.45, 2.75) is 47.0 Å². The lowest BCUT2D eigenvalue weighted by atomic mass is 9.94. The molecular weight excluding hydrogens is 174 g/mol. The van der Waals surface area contributed by atoms with Gasteiger partial charge in [-0.15, -0.1) is 0 Å². The molecule has 0 aromatic rings. The van der Waals surface area contributed by atoms with Crippen LogP contribution in [0.15, 0.2) is 0 Å². The summed E-state index contributed by atoms with van der Waals surface area (Å²) < 4.78 is 0. The normalized spacial score (nSPS) is 24.6. The van der Waals surface area contributed by atoms with E-state index in [-0.39, 0.29) is 5.41 Å². The van der Waals surface area contributed by atoms with E-state index < -0.39 is 0 Å². The predicted molar refractivity (Wildman–Crippen MR) is 59.1 cm³/mol. The van der Waals surface area contributed by atoms with Crippen LogP contribution in [0.25, 0.3) is 0 Å². The molecule has 1 atom stereocenters. The van der Waals surface area contributed by atoms with Crippen LogP contribution in [0, 0.1) is 11.3 Å². The van der Waals surface area contributed by atoms with Gasteiger partial charge in [0.15, 0.2) is 0 Å². The second-order valence-electron chi connectivity index (χ2n) is 5.60. The molecular formula is C12H23NO. The van der Waals surface area contributed by atoms with Crippen LogP contribution in [0.1, 0.15) is 47.0 Å². The van der Waals surface area contributed by atoms with Crippen LogP contribution in [0.5, 0.6) is 0 Å². The maximum atomic E-state index is 12.0. The number of hydrogen-bond donors (Lipinski definition) is 0. The number of carbonyl (C=O) groups is 1. The zero-order valence-corrected chi connectivity index (χ0v) is 9.97. The van der Waals surface area contributed by atoms with E-state index in [0.717, 1.165) is 13.1 Å². The van der Waals surface area contributed by atoms with Crippen molar-refractivity contribution < 1.29 is 4.79 Å². The second kappa shape index (κ2) is 4.33. The molecule has 1 amide bonds. The third-order valence-corrected chi connectivity index (χ3v) is 2.84. The van der Waals surface area contributed by atoms with E-state index in [4.69, 9.17) is 0 Å². The van der Waals surface area contributed by atoms with Crippen LogP contribution in [0.3, 0.4) is 0 Å². The Kier molecular flexibility index (Phi) is 3.57. The Labute approximate surface area is 87.7 Å². The molecule has 0 radical (unpaired) electrons. The Morgan fingerprint density at radius 1 is 1.29 bits per heavy atom. The van der Waals surface area contributed by atoms with Crippen LogP contribution in [-0.4, -0.2) is 23.9 Å². The van der Waals surface area contributed by atoms with E-state index >= 15 is 0 Å². The SMILES string of the molecule is C[C@H]1CCCCN(C(=O)C(C)(C)C)C1. The minimum absolute atomic E-state index is 0.218. The summed E-state index contributed by atoms with van der Waals surface area (Å²) in [5, 5.41) is 0. The minimum Gasteiger partial charge on any atom is -0.342 e. The van der Waals surface area contributed by atoms with Gasteiger partial charge in [-0.2, -0.15) is 0 Å². The molecule has 0 aromatic heterocycles. The van der Waals surface area contributed by atoms with Gasteiger partial charge in [0, 0.05) is 18.5 Å². The predicted octanol–water partition coefficient (Wildman–Crippen LogP) is 2.68. The summed E-state index contributed by atoms with van der Waals surface area (Å²) in [6, 6.07) is 0. The molecule has 0 unspecified atom stereocenters. The van der Waals surface area contributed by atoms with Crippen molar-refractivity contribution in [1.82, 2.24) is 4.90 Å². The van der Waals surface area contributed by atoms with Crippen molar-refractivity contribution in [3.05, 3.63) is 0 Å². The van der Waals surface area contributed by atoms with E-state index in [1.807, 2.05) is 20.8 Å². The number of likely N-dealkylation sites (tertiary alicyclic amines) is 1. The fraction of sp³-hybridized carbons (Fsp3) is 0.917. The molecule has 0 N–H and O–H groups in total. The van der Waals surface area contributed by atoms with Crippen molar-refractivity contribution in [1.29, 1.82) is 0 Å². The fourth-order valence-corrected chi connectivity index (χ4v) is 2.01. The molecule has 0 bridgehead atoms. The highest BCUT2D eigenvalue weighted by molar-refractivity contribution is 5.81. The average molecular weight is 197 g/mol. The van der Waals surface area contributed by atoms with Gasteiger partial charge in [-0.1, -0.05) is 34.1 Å². The summed E-state index contributed by atoms with van der Waals surface area (Å²) in [7, 11) is 0. The molecule has 1 fully saturated rings. The molecule has 0 aromatic carbocycles. The Balaban J connectivity index is 2.62. The summed E-state index contributed by atoms with van der Waals surface area (Å²) in [6.07, 6.45) is 3.72. The van der Waals surface area contributed by atoms with Crippen molar-refractivity contribution in [3.63, 3.8) is 0 Å². The maximum Gasteiger partial charge on any atom is 0.227 e. The van der Waals surface area contributed by atoms with Gasteiger partial charge >= 0.3 is 0 Å². The van der Waals surface area contributed by atoms with Crippen LogP contribution < -0.4 is 0 Å². The van der Waals surface area contributed by atoms with E-state index in [0.29, 0.717) is 11.8 Å². The van der Waals surface area contributed by atoms with Crippen molar-refractivity contribution in [2.24, 2.45) is 11.3 Å². The smallest absolute Gasteiger partial charge is 0.227 e. The molecule has 1 aliphatic rings. The van der Waals surface area contributed by atoms with Crippen molar-refractivity contribution in [3.8, 4) is 0 Å². The molecule has 0 saturated carbocycles. The Morgan fingerprint density at radius 3 is 2.50 bits per heavy atom. The van der Waals surface area contributed by atoms with E-state index in [2.05, 4.69) is 11.8 Å². The largest absolute Gasteiger partial charge is 0.342 e. The molecule has 1 rings (SSSR count). The summed E-state index contributed by atoms with van der Waals surface area (Å²) >= 11 is 0. The number of rotatable bonds is 0. The van der Waals surface area contributed by atoms with Gasteiger partial charge in [-0.05, 0) is 18.8 Å². The van der Waals surface area contributed by atoms with Gasteiger partial charge < -0.3 is 4.90 Å². The summed E-state index contributed by atoms with van der Waals surface area (Å²) in [5.74, 6) is 0.982. The second-order valence-corrected chi connectivity index (χ2v) is 5.60. The lowest BCUT2D eigenvalue weighted by Crippen LogP contribution is -2.41. The number of carbonyl (C=O) groups excluding carboxylic acids is 1. The van der Waals surface area contributed by atoms with E-state index in [1.54, 1.807) is 0 Å². The molecule has 2 nitrogen and oxygen atoms in total. The molecule has 82 valence electrons. The Morgan fingerprint density at radius 2 is 1.93 bits per heavy atom. The lowest BCUT2D eigenvalue weighted by Gasteiger charge is -2.29. The van der Waals surface area contributed by atoms with Gasteiger partial charge in [-0.3, -0.25) is 4.79 Å². The van der Waals surface area contributed by atoms with Gasteiger partial charge in [0.05, 0.1) is 0 Å². The zero-order valence-electron chi connectivity index (χ0n) is 9.97. The fourth-order valence-electron chi connectivity index (χ4n) is 2.01. The summed E-state index contributed by atoms with van der Waals surface area (Å²) in [6.45, 7) is 10.2. The molecule has 1 heterocycles. The zero-order chi connectivity index (χ0) is 10.8. The third-order valence-electron chi connectivity index (χ3n) is 2.84. The van der Waals surface area contributed by atoms with Crippen molar-refractivity contribution >= 4 is 5.91 Å². The first-order valence-electron chi connectivity index (χ1n) is 5.70. The highest BCUT2D eigenvalue weighted by Gasteiger charge is 2.28. The van der Waals surface area contributed by atoms with Gasteiger partial charge in [0.1, 0.15) is 0 Å². The standard InChI is InChI=1S/C12H23NO/c1-10-7-5-6-8-13(9-10)11(14)12(2,3)4/h10H,5-9H2,1-4H3/t10-/m0/s1. The molecule has 0 spiro atoms. The quantitative estimate of drug-likeness (QED) is 0.584. The highest BCUT2D eigenvalue weighted by Crippen LogP contribution is 2.22. The molecule has 2 heteroatoms. The van der Waals surface area contributed by atoms with Gasteiger partial charge in [-0.25, -0.2) is 0 Å². The summed E-state index contributed by atoms with van der Waals surface area (Å²) in [5.41, 5.74) is -0.218. The van der Waals surface area contributed by atoms with Crippen molar-refractivity contribution in [2.75, 3.05) is 13.1 Å². The summed E-state index contributed by atoms with van der Waals surface area (Å²) in [4.78, 5) is 14.1. The van der Waals surface area contributed by atoms with Gasteiger partial charge in [0.25, 0.3) is 0 Å². The minimum atomic E-state index is -0.218. The van der Waals surface area contributed by atoms with Gasteiger partial charge in [0.2, 0.25) is 5.91 Å². The van der Waals surface area contributed by atoms with Crippen LogP contribution in [-0.2, 0) is 4.79 Å².